The van der Waals surface area contributed by atoms with Crippen LogP contribution in [0.2, 0.25) is 0 Å². The Kier molecular flexibility index (Phi) is 4.42. The van der Waals surface area contributed by atoms with Crippen LogP contribution in [0.4, 0.5) is 0 Å². The van der Waals surface area contributed by atoms with Crippen molar-refractivity contribution in [3.63, 3.8) is 0 Å². The minimum Gasteiger partial charge on any atom is -0.343 e. The first-order valence-electron chi connectivity index (χ1n) is 9.91. The van der Waals surface area contributed by atoms with Crippen molar-refractivity contribution in [2.24, 2.45) is 0 Å². The summed E-state index contributed by atoms with van der Waals surface area (Å²) in [6.07, 6.45) is 11.5. The molecule has 3 aromatic carbocycles. The highest BCUT2D eigenvalue weighted by molar-refractivity contribution is 5.81. The Hall–Kier alpha value is -3.32. The van der Waals surface area contributed by atoms with Gasteiger partial charge in [-0.3, -0.25) is 0 Å². The molecule has 1 aromatic heterocycles. The average molecular weight is 361 g/mol. The van der Waals surface area contributed by atoms with Gasteiger partial charge >= 0.3 is 0 Å². The van der Waals surface area contributed by atoms with Gasteiger partial charge in [-0.15, -0.1) is 0 Å². The lowest BCUT2D eigenvalue weighted by Crippen LogP contribution is -2.02. The van der Waals surface area contributed by atoms with E-state index in [9.17, 15) is 0 Å². The number of benzene rings is 3. The van der Waals surface area contributed by atoms with Gasteiger partial charge in [0.1, 0.15) is 0 Å². The minimum absolute atomic E-state index is 0.337. The van der Waals surface area contributed by atoms with Crippen molar-refractivity contribution in [3.8, 4) is 0 Å². The Morgan fingerprint density at radius 3 is 1.96 bits per heavy atom. The molecule has 0 unspecified atom stereocenters. The number of nitrogens with zero attached hydrogens (tertiary/aromatic N) is 1. The van der Waals surface area contributed by atoms with Gasteiger partial charge in [0.05, 0.1) is 0 Å². The summed E-state index contributed by atoms with van der Waals surface area (Å²) in [7, 11) is 0. The monoisotopic (exact) mass is 361 g/mol. The summed E-state index contributed by atoms with van der Waals surface area (Å²) in [4.78, 5) is 0. The average Bonchev–Trinajstić information content (AvgIpc) is 3.17. The molecule has 0 fully saturated rings. The first-order chi connectivity index (χ1) is 13.9. The molecule has 0 amide bonds. The van der Waals surface area contributed by atoms with Gasteiger partial charge < -0.3 is 4.57 Å². The fourth-order valence-electron chi connectivity index (χ4n) is 4.05. The summed E-state index contributed by atoms with van der Waals surface area (Å²) in [5.74, 6) is 0.715. The molecular formula is C27H23N. The third-order valence-electron chi connectivity index (χ3n) is 5.61. The molecule has 4 aromatic rings. The van der Waals surface area contributed by atoms with Crippen LogP contribution < -0.4 is 0 Å². The highest BCUT2D eigenvalue weighted by atomic mass is 14.9. The maximum atomic E-state index is 2.35. The number of hydrogen-bond donors (Lipinski definition) is 0. The quantitative estimate of drug-likeness (QED) is 0.357. The molecule has 0 spiro atoms. The largest absolute Gasteiger partial charge is 0.343 e. The summed E-state index contributed by atoms with van der Waals surface area (Å²) >= 11 is 0. The Morgan fingerprint density at radius 2 is 1.25 bits per heavy atom. The Balaban J connectivity index is 1.41. The molecule has 0 aliphatic heterocycles. The maximum Gasteiger partial charge on any atom is 0.0486 e. The van der Waals surface area contributed by atoms with Crippen LogP contribution in [0.25, 0.3) is 10.9 Å². The standard InChI is InChI=1S/C27H23N/c1-3-7-21(8-4-1)20-28-18-17-25-15-16-26(19-27(25)28)24-13-11-23(12-14-24)22-9-5-2-6-10-22/h1-19,23-24H,20H2. The lowest BCUT2D eigenvalue weighted by atomic mass is 9.87. The number of rotatable bonds is 4. The van der Waals surface area contributed by atoms with Gasteiger partial charge in [-0.25, -0.2) is 0 Å². The molecule has 0 radical (unpaired) electrons. The summed E-state index contributed by atoms with van der Waals surface area (Å²) < 4.78 is 2.34. The van der Waals surface area contributed by atoms with Crippen LogP contribution in [0.15, 0.2) is 115 Å². The van der Waals surface area contributed by atoms with E-state index in [2.05, 4.69) is 120 Å². The summed E-state index contributed by atoms with van der Waals surface area (Å²) in [6.45, 7) is 0.903. The Bertz CT molecular complexity index is 1120. The molecule has 136 valence electrons. The third kappa shape index (κ3) is 3.32. The smallest absolute Gasteiger partial charge is 0.0486 e. The van der Waals surface area contributed by atoms with Crippen LogP contribution >= 0.6 is 0 Å². The minimum atomic E-state index is 0.337. The summed E-state index contributed by atoms with van der Waals surface area (Å²) in [5, 5.41) is 1.30. The zero-order chi connectivity index (χ0) is 18.8. The van der Waals surface area contributed by atoms with Gasteiger partial charge in [0, 0.05) is 30.1 Å². The van der Waals surface area contributed by atoms with Crippen LogP contribution in [-0.4, -0.2) is 4.57 Å². The number of allylic oxidation sites excluding steroid dienone is 4. The van der Waals surface area contributed by atoms with Crippen molar-refractivity contribution in [2.45, 2.75) is 18.4 Å². The fourth-order valence-corrected chi connectivity index (χ4v) is 4.05. The molecule has 5 rings (SSSR count). The van der Waals surface area contributed by atoms with E-state index in [1.807, 2.05) is 0 Å². The SMILES string of the molecule is C1=CC(c2ccc3ccn(Cc4ccccc4)c3c2)C=CC1c1ccccc1. The van der Waals surface area contributed by atoms with Crippen molar-refractivity contribution in [3.05, 3.63) is 132 Å². The number of aromatic nitrogens is 1. The molecule has 1 aliphatic carbocycles. The molecule has 1 aliphatic rings. The fraction of sp³-hybridized carbons (Fsp3) is 0.111. The molecule has 1 heteroatoms. The predicted octanol–water partition coefficient (Wildman–Crippen LogP) is 6.68. The van der Waals surface area contributed by atoms with Crippen molar-refractivity contribution in [2.75, 3.05) is 0 Å². The predicted molar refractivity (Wildman–Crippen MR) is 118 cm³/mol. The van der Waals surface area contributed by atoms with Gasteiger partial charge in [0.15, 0.2) is 0 Å². The third-order valence-corrected chi connectivity index (χ3v) is 5.61. The second kappa shape index (κ2) is 7.36. The Morgan fingerprint density at radius 1 is 0.607 bits per heavy atom. The van der Waals surface area contributed by atoms with E-state index < -0.39 is 0 Å². The van der Waals surface area contributed by atoms with Crippen molar-refractivity contribution < 1.29 is 0 Å². The van der Waals surface area contributed by atoms with Crippen molar-refractivity contribution >= 4 is 10.9 Å². The van der Waals surface area contributed by atoms with Gasteiger partial charge in [-0.1, -0.05) is 97.1 Å². The molecule has 0 atom stereocenters. The van der Waals surface area contributed by atoms with E-state index in [1.54, 1.807) is 0 Å². The molecule has 28 heavy (non-hydrogen) atoms. The molecule has 0 N–H and O–H groups in total. The zero-order valence-electron chi connectivity index (χ0n) is 15.8. The number of fused-ring (bicyclic) bond motifs is 1. The van der Waals surface area contributed by atoms with Crippen LogP contribution in [0.1, 0.15) is 28.5 Å². The van der Waals surface area contributed by atoms with Gasteiger partial charge in [0.2, 0.25) is 0 Å². The molecule has 1 nitrogen and oxygen atoms in total. The molecule has 0 saturated carbocycles. The van der Waals surface area contributed by atoms with Crippen LogP contribution in [0.3, 0.4) is 0 Å². The number of hydrogen-bond acceptors (Lipinski definition) is 0. The highest BCUT2D eigenvalue weighted by Gasteiger charge is 2.14. The maximum absolute atomic E-state index is 2.35. The molecular weight excluding hydrogens is 338 g/mol. The second-order valence-electron chi connectivity index (χ2n) is 7.48. The molecule has 0 saturated heterocycles. The van der Waals surface area contributed by atoms with Gasteiger partial charge in [-0.05, 0) is 34.2 Å². The first kappa shape index (κ1) is 16.8. The van der Waals surface area contributed by atoms with Crippen molar-refractivity contribution in [1.29, 1.82) is 0 Å². The molecule has 1 heterocycles. The lowest BCUT2D eigenvalue weighted by molar-refractivity contribution is 0.835. The highest BCUT2D eigenvalue weighted by Crippen LogP contribution is 2.31. The van der Waals surface area contributed by atoms with Crippen molar-refractivity contribution in [1.82, 2.24) is 4.57 Å². The summed E-state index contributed by atoms with van der Waals surface area (Å²) in [5.41, 5.74) is 5.32. The van der Waals surface area contributed by atoms with E-state index in [0.717, 1.165) is 6.54 Å². The second-order valence-corrected chi connectivity index (χ2v) is 7.48. The Labute approximate surface area is 166 Å². The van der Waals surface area contributed by atoms with Crippen LogP contribution in [0.5, 0.6) is 0 Å². The zero-order valence-corrected chi connectivity index (χ0v) is 15.8. The van der Waals surface area contributed by atoms with E-state index in [0.29, 0.717) is 11.8 Å². The van der Waals surface area contributed by atoms with Gasteiger partial charge in [-0.2, -0.15) is 0 Å². The van der Waals surface area contributed by atoms with E-state index in [-0.39, 0.29) is 0 Å². The molecule has 0 bridgehead atoms. The van der Waals surface area contributed by atoms with E-state index in [4.69, 9.17) is 0 Å². The van der Waals surface area contributed by atoms with Crippen LogP contribution in [0, 0.1) is 0 Å². The first-order valence-corrected chi connectivity index (χ1v) is 9.91. The topological polar surface area (TPSA) is 4.93 Å². The normalized spacial score (nSPS) is 18.6. The van der Waals surface area contributed by atoms with Gasteiger partial charge in [0.25, 0.3) is 0 Å². The lowest BCUT2D eigenvalue weighted by Gasteiger charge is -2.18. The van der Waals surface area contributed by atoms with Crippen LogP contribution in [-0.2, 0) is 6.54 Å². The van der Waals surface area contributed by atoms with E-state index >= 15 is 0 Å². The van der Waals surface area contributed by atoms with E-state index in [1.165, 1.54) is 27.6 Å². The summed E-state index contributed by atoms with van der Waals surface area (Å²) in [6, 6.07) is 30.4.